The fourth-order valence-corrected chi connectivity index (χ4v) is 3.95. The van der Waals surface area contributed by atoms with Gasteiger partial charge in [-0.2, -0.15) is 5.26 Å². The van der Waals surface area contributed by atoms with Crippen molar-refractivity contribution in [2.24, 2.45) is 5.92 Å². The smallest absolute Gasteiger partial charge is 0.317 e. The summed E-state index contributed by atoms with van der Waals surface area (Å²) in [6.45, 7) is 12.6. The zero-order valence-corrected chi connectivity index (χ0v) is 16.7. The van der Waals surface area contributed by atoms with Crippen molar-refractivity contribution in [2.45, 2.75) is 32.7 Å². The highest BCUT2D eigenvalue weighted by Crippen LogP contribution is 2.24. The molecule has 0 spiro atoms. The second kappa shape index (κ2) is 8.18. The van der Waals surface area contributed by atoms with Crippen LogP contribution in [0.2, 0.25) is 0 Å². The first kappa shape index (κ1) is 19.5. The van der Waals surface area contributed by atoms with Gasteiger partial charge in [0.25, 0.3) is 0 Å². The third-order valence-electron chi connectivity index (χ3n) is 5.71. The lowest BCUT2D eigenvalue weighted by Crippen LogP contribution is -2.52. The molecule has 6 heteroatoms. The van der Waals surface area contributed by atoms with Crippen LogP contribution in [0.4, 0.5) is 10.5 Å². The van der Waals surface area contributed by atoms with E-state index in [1.807, 2.05) is 29.2 Å². The lowest BCUT2D eigenvalue weighted by molar-refractivity contribution is 0.166. The highest BCUT2D eigenvalue weighted by Gasteiger charge is 2.30. The monoisotopic (exact) mass is 369 g/mol. The van der Waals surface area contributed by atoms with Crippen LogP contribution in [0, 0.1) is 17.2 Å². The van der Waals surface area contributed by atoms with E-state index in [1.165, 1.54) is 0 Å². The van der Waals surface area contributed by atoms with Gasteiger partial charge in [-0.15, -0.1) is 0 Å². The molecule has 0 saturated carbocycles. The molecule has 146 valence electrons. The van der Waals surface area contributed by atoms with Gasteiger partial charge in [-0.05, 0) is 51.8 Å². The molecule has 2 amide bonds. The predicted octanol–water partition coefficient (Wildman–Crippen LogP) is 2.51. The molecule has 6 nitrogen and oxygen atoms in total. The quantitative estimate of drug-likeness (QED) is 0.889. The molecule has 1 aromatic rings. The fourth-order valence-electron chi connectivity index (χ4n) is 3.95. The number of para-hydroxylation sites is 1. The Morgan fingerprint density at radius 3 is 2.52 bits per heavy atom. The van der Waals surface area contributed by atoms with E-state index in [2.05, 4.69) is 42.0 Å². The second-order valence-electron chi connectivity index (χ2n) is 8.56. The van der Waals surface area contributed by atoms with Crippen LogP contribution in [0.1, 0.15) is 32.8 Å². The van der Waals surface area contributed by atoms with Crippen molar-refractivity contribution in [1.82, 2.24) is 15.1 Å². The largest absolute Gasteiger partial charge is 0.367 e. The van der Waals surface area contributed by atoms with E-state index < -0.39 is 0 Å². The number of benzene rings is 1. The summed E-state index contributed by atoms with van der Waals surface area (Å²) < 4.78 is 0. The molecule has 1 aromatic carbocycles. The Morgan fingerprint density at radius 2 is 1.89 bits per heavy atom. The van der Waals surface area contributed by atoms with Gasteiger partial charge in [-0.1, -0.05) is 12.1 Å². The number of piperazine rings is 1. The first-order valence-corrected chi connectivity index (χ1v) is 9.90. The summed E-state index contributed by atoms with van der Waals surface area (Å²) in [6.07, 6.45) is 1.15. The molecule has 2 heterocycles. The van der Waals surface area contributed by atoms with Gasteiger partial charge in [0.2, 0.25) is 0 Å². The van der Waals surface area contributed by atoms with E-state index in [-0.39, 0.29) is 11.6 Å². The van der Waals surface area contributed by atoms with Gasteiger partial charge >= 0.3 is 6.03 Å². The fraction of sp³-hybridized carbons (Fsp3) is 0.619. The molecule has 0 radical (unpaired) electrons. The Bertz CT molecular complexity index is 697. The number of nitrogens with one attached hydrogen (secondary N) is 1. The summed E-state index contributed by atoms with van der Waals surface area (Å²) in [6, 6.07) is 9.96. The maximum atomic E-state index is 12.5. The summed E-state index contributed by atoms with van der Waals surface area (Å²) in [5.41, 5.74) is 1.86. The van der Waals surface area contributed by atoms with Gasteiger partial charge in [-0.25, -0.2) is 4.79 Å². The molecule has 3 rings (SSSR count). The van der Waals surface area contributed by atoms with E-state index in [1.54, 1.807) is 0 Å². The zero-order chi connectivity index (χ0) is 19.4. The van der Waals surface area contributed by atoms with E-state index in [0.29, 0.717) is 24.6 Å². The van der Waals surface area contributed by atoms with Crippen LogP contribution in [0.3, 0.4) is 0 Å². The van der Waals surface area contributed by atoms with E-state index in [0.717, 1.165) is 44.8 Å². The first-order chi connectivity index (χ1) is 12.9. The van der Waals surface area contributed by atoms with Gasteiger partial charge in [0, 0.05) is 44.8 Å². The summed E-state index contributed by atoms with van der Waals surface area (Å²) in [5, 5.41) is 12.4. The first-order valence-electron chi connectivity index (χ1n) is 9.90. The minimum Gasteiger partial charge on any atom is -0.367 e. The highest BCUT2D eigenvalue weighted by molar-refractivity contribution is 5.74. The van der Waals surface area contributed by atoms with Crippen molar-refractivity contribution in [2.75, 3.05) is 50.7 Å². The van der Waals surface area contributed by atoms with Crippen LogP contribution >= 0.6 is 0 Å². The summed E-state index contributed by atoms with van der Waals surface area (Å²) >= 11 is 0. The SMILES string of the molecule is CC(C)(C)N1CC[C@H](CNC(=O)N2CCN(c3ccccc3C#N)CC2)C1. The summed E-state index contributed by atoms with van der Waals surface area (Å²) in [7, 11) is 0. The van der Waals surface area contributed by atoms with Crippen molar-refractivity contribution in [3.63, 3.8) is 0 Å². The number of amides is 2. The molecular weight excluding hydrogens is 338 g/mol. The van der Waals surface area contributed by atoms with Crippen LogP contribution in [0.25, 0.3) is 0 Å². The normalized spacial score (nSPS) is 21.2. The topological polar surface area (TPSA) is 62.6 Å². The van der Waals surface area contributed by atoms with Crippen molar-refractivity contribution in [3.8, 4) is 6.07 Å². The highest BCUT2D eigenvalue weighted by atomic mass is 16.2. The minimum absolute atomic E-state index is 0.0393. The molecule has 27 heavy (non-hydrogen) atoms. The number of rotatable bonds is 3. The van der Waals surface area contributed by atoms with Gasteiger partial charge in [0.15, 0.2) is 0 Å². The average Bonchev–Trinajstić information content (AvgIpc) is 3.16. The van der Waals surface area contributed by atoms with Gasteiger partial charge in [-0.3, -0.25) is 4.90 Å². The lowest BCUT2D eigenvalue weighted by atomic mass is 10.1. The second-order valence-corrected chi connectivity index (χ2v) is 8.56. The summed E-state index contributed by atoms with van der Waals surface area (Å²) in [4.78, 5) is 19.1. The van der Waals surface area contributed by atoms with E-state index >= 15 is 0 Å². The Labute approximate surface area is 162 Å². The van der Waals surface area contributed by atoms with Crippen LogP contribution in [0.5, 0.6) is 0 Å². The van der Waals surface area contributed by atoms with Crippen molar-refractivity contribution in [3.05, 3.63) is 29.8 Å². The van der Waals surface area contributed by atoms with Crippen molar-refractivity contribution in [1.29, 1.82) is 5.26 Å². The summed E-state index contributed by atoms with van der Waals surface area (Å²) in [5.74, 6) is 0.539. The number of nitrogens with zero attached hydrogens (tertiary/aromatic N) is 4. The average molecular weight is 370 g/mol. The molecule has 0 aliphatic carbocycles. The lowest BCUT2D eigenvalue weighted by Gasteiger charge is -2.36. The van der Waals surface area contributed by atoms with Gasteiger partial charge in [0.05, 0.1) is 11.3 Å². The van der Waals surface area contributed by atoms with Gasteiger partial charge < -0.3 is 15.1 Å². The number of urea groups is 1. The molecular formula is C21H31N5O. The van der Waals surface area contributed by atoms with Crippen LogP contribution < -0.4 is 10.2 Å². The van der Waals surface area contributed by atoms with E-state index in [9.17, 15) is 10.1 Å². The molecule has 1 N–H and O–H groups in total. The number of carbonyl (C=O) groups is 1. The van der Waals surface area contributed by atoms with Crippen molar-refractivity contribution >= 4 is 11.7 Å². The standard InChI is InChI=1S/C21H31N5O/c1-21(2,3)26-9-8-17(16-26)15-23-20(27)25-12-10-24(11-13-25)19-7-5-4-6-18(19)14-22/h4-7,17H,8-13,15-16H2,1-3H3,(H,23,27)/t17-/m1/s1. The molecule has 2 aliphatic heterocycles. The third kappa shape index (κ3) is 4.72. The molecule has 2 fully saturated rings. The zero-order valence-electron chi connectivity index (χ0n) is 16.7. The number of anilines is 1. The van der Waals surface area contributed by atoms with Crippen LogP contribution in [-0.2, 0) is 0 Å². The maximum Gasteiger partial charge on any atom is 0.317 e. The molecule has 2 aliphatic rings. The molecule has 0 aromatic heterocycles. The minimum atomic E-state index is 0.0393. The van der Waals surface area contributed by atoms with E-state index in [4.69, 9.17) is 0 Å². The number of carbonyl (C=O) groups excluding carboxylic acids is 1. The number of likely N-dealkylation sites (tertiary alicyclic amines) is 1. The Kier molecular flexibility index (Phi) is 5.91. The Balaban J connectivity index is 1.45. The molecule has 2 saturated heterocycles. The van der Waals surface area contributed by atoms with Crippen LogP contribution in [0.15, 0.2) is 24.3 Å². The Morgan fingerprint density at radius 1 is 1.19 bits per heavy atom. The molecule has 0 unspecified atom stereocenters. The number of hydrogen-bond acceptors (Lipinski definition) is 4. The number of nitriles is 1. The van der Waals surface area contributed by atoms with Crippen LogP contribution in [-0.4, -0.2) is 67.2 Å². The molecule has 0 bridgehead atoms. The van der Waals surface area contributed by atoms with Crippen molar-refractivity contribution < 1.29 is 4.79 Å². The number of hydrogen-bond donors (Lipinski definition) is 1. The predicted molar refractivity (Wildman–Crippen MR) is 108 cm³/mol. The Hall–Kier alpha value is -2.26. The molecule has 1 atom stereocenters. The third-order valence-corrected chi connectivity index (χ3v) is 5.71. The maximum absolute atomic E-state index is 12.5. The van der Waals surface area contributed by atoms with Gasteiger partial charge in [0.1, 0.15) is 6.07 Å².